The van der Waals surface area contributed by atoms with Gasteiger partial charge in [-0.05, 0) is 24.3 Å². The van der Waals surface area contributed by atoms with Crippen molar-refractivity contribution in [1.82, 2.24) is 15.0 Å². The fourth-order valence-electron chi connectivity index (χ4n) is 2.99. The summed E-state index contributed by atoms with van der Waals surface area (Å²) >= 11 is 0. The van der Waals surface area contributed by atoms with Gasteiger partial charge in [0.1, 0.15) is 5.82 Å². The summed E-state index contributed by atoms with van der Waals surface area (Å²) in [4.78, 5) is 15.1. The third-order valence-corrected chi connectivity index (χ3v) is 4.43. The first-order valence-corrected chi connectivity index (χ1v) is 9.05. The lowest BCUT2D eigenvalue weighted by molar-refractivity contribution is -0.137. The number of halogens is 3. The second kappa shape index (κ2) is 8.04. The number of morpholine rings is 1. The Balaban J connectivity index is 1.75. The molecule has 6 nitrogen and oxygen atoms in total. The summed E-state index contributed by atoms with van der Waals surface area (Å²) in [7, 11) is 0. The number of aromatic nitrogens is 3. The van der Waals surface area contributed by atoms with Crippen LogP contribution in [0, 0.1) is 0 Å². The number of alkyl halides is 3. The number of hydrogen-bond acceptors (Lipinski definition) is 6. The van der Waals surface area contributed by atoms with Gasteiger partial charge in [0.25, 0.3) is 0 Å². The number of rotatable bonds is 4. The van der Waals surface area contributed by atoms with E-state index >= 15 is 0 Å². The normalized spacial score (nSPS) is 14.7. The first kappa shape index (κ1) is 19.1. The summed E-state index contributed by atoms with van der Waals surface area (Å²) in [6.45, 7) is 2.31. The molecular weight excluding hydrogens is 383 g/mol. The Morgan fingerprint density at radius 2 is 1.83 bits per heavy atom. The maximum absolute atomic E-state index is 13.1. The summed E-state index contributed by atoms with van der Waals surface area (Å²) in [5.74, 6) is 0.913. The van der Waals surface area contributed by atoms with E-state index in [1.807, 2.05) is 11.0 Å². The summed E-state index contributed by atoms with van der Waals surface area (Å²) in [6.07, 6.45) is -1.13. The van der Waals surface area contributed by atoms with Crippen LogP contribution in [0.4, 0.5) is 30.6 Å². The van der Waals surface area contributed by atoms with E-state index in [2.05, 4.69) is 20.3 Å². The third-order valence-electron chi connectivity index (χ3n) is 4.43. The van der Waals surface area contributed by atoms with Gasteiger partial charge in [-0.3, -0.25) is 4.98 Å². The van der Waals surface area contributed by atoms with E-state index in [1.165, 1.54) is 6.07 Å². The van der Waals surface area contributed by atoms with Crippen molar-refractivity contribution in [2.75, 3.05) is 36.5 Å². The number of ether oxygens (including phenoxy) is 1. The molecule has 1 aliphatic heterocycles. The van der Waals surface area contributed by atoms with Crippen LogP contribution in [0.25, 0.3) is 11.3 Å². The average Bonchev–Trinajstić information content (AvgIpc) is 2.74. The molecule has 0 amide bonds. The highest BCUT2D eigenvalue weighted by molar-refractivity contribution is 5.68. The van der Waals surface area contributed by atoms with Crippen molar-refractivity contribution in [1.29, 1.82) is 0 Å². The van der Waals surface area contributed by atoms with Gasteiger partial charge in [-0.25, -0.2) is 4.98 Å². The van der Waals surface area contributed by atoms with E-state index in [-0.39, 0.29) is 0 Å². The van der Waals surface area contributed by atoms with Gasteiger partial charge in [0, 0.05) is 30.9 Å². The summed E-state index contributed by atoms with van der Waals surface area (Å²) < 4.78 is 44.8. The van der Waals surface area contributed by atoms with Crippen LogP contribution in [0.3, 0.4) is 0 Å². The molecule has 3 heterocycles. The number of pyridine rings is 1. The van der Waals surface area contributed by atoms with Crippen LogP contribution in [0.5, 0.6) is 0 Å². The monoisotopic (exact) mass is 401 g/mol. The minimum absolute atomic E-state index is 0.367. The molecule has 0 unspecified atom stereocenters. The van der Waals surface area contributed by atoms with Crippen molar-refractivity contribution >= 4 is 17.5 Å². The van der Waals surface area contributed by atoms with Gasteiger partial charge < -0.3 is 15.0 Å². The van der Waals surface area contributed by atoms with Gasteiger partial charge in [-0.1, -0.05) is 12.1 Å². The fourth-order valence-corrected chi connectivity index (χ4v) is 2.99. The molecule has 9 heteroatoms. The molecule has 2 aromatic heterocycles. The first-order valence-electron chi connectivity index (χ1n) is 9.05. The van der Waals surface area contributed by atoms with Gasteiger partial charge in [-0.2, -0.15) is 18.2 Å². The van der Waals surface area contributed by atoms with Crippen LogP contribution in [0.1, 0.15) is 5.56 Å². The lowest BCUT2D eigenvalue weighted by atomic mass is 10.1. The largest absolute Gasteiger partial charge is 0.416 e. The Hall–Kier alpha value is -3.20. The number of nitrogens with one attached hydrogen (secondary N) is 1. The van der Waals surface area contributed by atoms with E-state index in [0.717, 1.165) is 12.1 Å². The highest BCUT2D eigenvalue weighted by atomic mass is 19.4. The molecule has 1 N–H and O–H groups in total. The van der Waals surface area contributed by atoms with E-state index < -0.39 is 11.7 Å². The number of benzene rings is 1. The minimum Gasteiger partial charge on any atom is -0.378 e. The van der Waals surface area contributed by atoms with Gasteiger partial charge in [0.15, 0.2) is 0 Å². The minimum atomic E-state index is -4.42. The third kappa shape index (κ3) is 4.62. The van der Waals surface area contributed by atoms with E-state index in [0.29, 0.717) is 55.0 Å². The molecule has 3 aromatic rings. The highest BCUT2D eigenvalue weighted by Crippen LogP contribution is 2.33. The lowest BCUT2D eigenvalue weighted by Gasteiger charge is -2.27. The summed E-state index contributed by atoms with van der Waals surface area (Å²) in [6, 6.07) is 10.4. The van der Waals surface area contributed by atoms with Crippen molar-refractivity contribution in [3.8, 4) is 11.3 Å². The Bertz CT molecular complexity index is 975. The zero-order valence-corrected chi connectivity index (χ0v) is 15.4. The quantitative estimate of drug-likeness (QED) is 0.709. The average molecular weight is 401 g/mol. The maximum atomic E-state index is 13.1. The predicted octanol–water partition coefficient (Wildman–Crippen LogP) is 4.14. The summed E-state index contributed by atoms with van der Waals surface area (Å²) in [5.41, 5.74) is 0.766. The molecular formula is C20H18F3N5O. The maximum Gasteiger partial charge on any atom is 0.416 e. The molecule has 150 valence electrons. The molecule has 0 saturated carbocycles. The fraction of sp³-hybridized carbons (Fsp3) is 0.250. The molecule has 1 saturated heterocycles. The van der Waals surface area contributed by atoms with Crippen LogP contribution in [-0.2, 0) is 10.9 Å². The molecule has 0 bridgehead atoms. The van der Waals surface area contributed by atoms with Gasteiger partial charge in [0.05, 0.1) is 36.4 Å². The van der Waals surface area contributed by atoms with Crippen LogP contribution in [0.15, 0.2) is 54.9 Å². The zero-order valence-electron chi connectivity index (χ0n) is 15.4. The molecule has 0 aliphatic carbocycles. The van der Waals surface area contributed by atoms with Crippen LogP contribution in [0.2, 0.25) is 0 Å². The van der Waals surface area contributed by atoms with Crippen molar-refractivity contribution in [3.05, 3.63) is 60.4 Å². The van der Waals surface area contributed by atoms with Gasteiger partial charge >= 0.3 is 6.18 Å². The Kier molecular flexibility index (Phi) is 5.30. The van der Waals surface area contributed by atoms with Gasteiger partial charge in [0.2, 0.25) is 5.95 Å². The molecule has 1 aromatic carbocycles. The molecule has 0 radical (unpaired) electrons. The van der Waals surface area contributed by atoms with E-state index in [9.17, 15) is 13.2 Å². The molecule has 1 fully saturated rings. The zero-order chi connectivity index (χ0) is 20.3. The van der Waals surface area contributed by atoms with Gasteiger partial charge in [-0.15, -0.1) is 0 Å². The molecule has 0 atom stereocenters. The second-order valence-electron chi connectivity index (χ2n) is 6.48. The van der Waals surface area contributed by atoms with Crippen molar-refractivity contribution < 1.29 is 17.9 Å². The Morgan fingerprint density at radius 3 is 2.55 bits per heavy atom. The number of hydrogen-bond donors (Lipinski definition) is 1. The lowest BCUT2D eigenvalue weighted by Crippen LogP contribution is -2.37. The Labute approximate surface area is 165 Å². The topological polar surface area (TPSA) is 63.2 Å². The second-order valence-corrected chi connectivity index (χ2v) is 6.48. The Morgan fingerprint density at radius 1 is 1.00 bits per heavy atom. The van der Waals surface area contributed by atoms with Crippen LogP contribution >= 0.6 is 0 Å². The van der Waals surface area contributed by atoms with Crippen molar-refractivity contribution in [2.24, 2.45) is 0 Å². The van der Waals surface area contributed by atoms with Crippen LogP contribution in [-0.4, -0.2) is 41.3 Å². The predicted molar refractivity (Wildman–Crippen MR) is 103 cm³/mol. The van der Waals surface area contributed by atoms with Crippen molar-refractivity contribution in [3.63, 3.8) is 0 Å². The molecule has 29 heavy (non-hydrogen) atoms. The molecule has 0 spiro atoms. The number of nitrogens with zero attached hydrogens (tertiary/aromatic N) is 4. The summed E-state index contributed by atoms with van der Waals surface area (Å²) in [5, 5.41) is 3.14. The molecule has 1 aliphatic rings. The smallest absolute Gasteiger partial charge is 0.378 e. The SMILES string of the molecule is FC(F)(F)c1cccc(-c2cc(Nc3cccnc3)nc(N3CCOCC3)n2)c1. The van der Waals surface area contributed by atoms with Crippen LogP contribution < -0.4 is 10.2 Å². The standard InChI is InChI=1S/C20H18F3N5O/c21-20(22,23)15-4-1-3-14(11-15)17-12-18(25-16-5-2-6-24-13-16)27-19(26-17)28-7-9-29-10-8-28/h1-6,11-13H,7-10H2,(H,25,26,27). The number of anilines is 3. The van der Waals surface area contributed by atoms with E-state index in [4.69, 9.17) is 4.74 Å². The van der Waals surface area contributed by atoms with E-state index in [1.54, 1.807) is 30.6 Å². The van der Waals surface area contributed by atoms with Crippen molar-refractivity contribution in [2.45, 2.75) is 6.18 Å². The molecule has 4 rings (SSSR count). The first-order chi connectivity index (χ1) is 14.0. The highest BCUT2D eigenvalue weighted by Gasteiger charge is 2.30.